The van der Waals surface area contributed by atoms with Crippen LogP contribution in [-0.2, 0) is 23.1 Å². The van der Waals surface area contributed by atoms with Crippen LogP contribution in [0.15, 0.2) is 78.0 Å². The third kappa shape index (κ3) is 4.85. The van der Waals surface area contributed by atoms with Crippen molar-refractivity contribution in [1.82, 2.24) is 19.5 Å². The number of rotatable bonds is 7. The molecule has 1 N–H and O–H groups in total. The Morgan fingerprint density at radius 2 is 1.66 bits per heavy atom. The van der Waals surface area contributed by atoms with Crippen molar-refractivity contribution in [3.8, 4) is 11.4 Å². The summed E-state index contributed by atoms with van der Waals surface area (Å²) in [6.45, 7) is -0.306. The van der Waals surface area contributed by atoms with Crippen molar-refractivity contribution >= 4 is 21.6 Å². The predicted octanol–water partition coefficient (Wildman–Crippen LogP) is 4.79. The maximum Gasteiger partial charge on any atom is 0.243 e. The minimum Gasteiger partial charge on any atom is -0.328 e. The van der Waals surface area contributed by atoms with Crippen LogP contribution in [0.2, 0.25) is 5.02 Å². The molecule has 0 amide bonds. The van der Waals surface area contributed by atoms with E-state index in [9.17, 15) is 17.2 Å². The van der Waals surface area contributed by atoms with Crippen LogP contribution in [0.4, 0.5) is 8.78 Å². The number of aromatic nitrogens is 3. The molecule has 4 aromatic rings. The molecular formula is C22H17ClF2N4O2S. The molecule has 0 aliphatic heterocycles. The Labute approximate surface area is 188 Å². The largest absolute Gasteiger partial charge is 0.328 e. The first-order valence-corrected chi connectivity index (χ1v) is 11.3. The summed E-state index contributed by atoms with van der Waals surface area (Å²) in [6, 6.07) is 15.8. The fourth-order valence-corrected chi connectivity index (χ4v) is 4.67. The van der Waals surface area contributed by atoms with E-state index in [1.807, 2.05) is 0 Å². The molecule has 0 spiro atoms. The zero-order chi connectivity index (χ0) is 22.7. The van der Waals surface area contributed by atoms with Gasteiger partial charge in [-0.15, -0.1) is 10.2 Å². The molecule has 4 rings (SSSR count). The lowest BCUT2D eigenvalue weighted by molar-refractivity contribution is 0.393. The van der Waals surface area contributed by atoms with Crippen molar-refractivity contribution in [2.45, 2.75) is 18.0 Å². The molecule has 164 valence electrons. The standard InChI is InChI=1S/C22H17ClF2N4O2S/c23-18-6-9-20(10-7-18)32(30,31)29(13-17-5-8-19(24)11-21(17)25)12-15-1-3-16(4-2-15)22-26-14-27-28-22/h1-11,14H,12-13H2,(H,26,27,28). The smallest absolute Gasteiger partial charge is 0.243 e. The van der Waals surface area contributed by atoms with Gasteiger partial charge in [0.15, 0.2) is 5.82 Å². The first-order chi connectivity index (χ1) is 15.3. The van der Waals surface area contributed by atoms with Crippen LogP contribution in [0.25, 0.3) is 11.4 Å². The van der Waals surface area contributed by atoms with Crippen LogP contribution >= 0.6 is 11.6 Å². The second-order valence-electron chi connectivity index (χ2n) is 7.00. The summed E-state index contributed by atoms with van der Waals surface area (Å²) < 4.78 is 55.5. The van der Waals surface area contributed by atoms with Crippen LogP contribution in [0.5, 0.6) is 0 Å². The van der Waals surface area contributed by atoms with E-state index in [2.05, 4.69) is 15.2 Å². The van der Waals surface area contributed by atoms with Crippen LogP contribution in [0.3, 0.4) is 0 Å². The van der Waals surface area contributed by atoms with Gasteiger partial charge in [-0.2, -0.15) is 4.31 Å². The number of benzene rings is 3. The maximum atomic E-state index is 14.3. The monoisotopic (exact) mass is 474 g/mol. The van der Waals surface area contributed by atoms with Gasteiger partial charge in [0.2, 0.25) is 10.0 Å². The summed E-state index contributed by atoms with van der Waals surface area (Å²) in [5, 5.41) is 8.07. The Balaban J connectivity index is 1.67. The Morgan fingerprint density at radius 3 is 2.28 bits per heavy atom. The number of nitrogens with one attached hydrogen (secondary N) is 1. The summed E-state index contributed by atoms with van der Waals surface area (Å²) in [5.41, 5.74) is 1.51. The Morgan fingerprint density at radius 1 is 0.938 bits per heavy atom. The van der Waals surface area contributed by atoms with Gasteiger partial charge in [0.25, 0.3) is 0 Å². The number of halogens is 3. The number of hydrogen-bond acceptors (Lipinski definition) is 4. The molecule has 1 aromatic heterocycles. The van der Waals surface area contributed by atoms with Gasteiger partial charge in [0.05, 0.1) is 4.90 Å². The van der Waals surface area contributed by atoms with E-state index in [1.165, 1.54) is 36.7 Å². The van der Waals surface area contributed by atoms with Gasteiger partial charge in [0, 0.05) is 35.3 Å². The Hall–Kier alpha value is -3.14. The number of nitrogens with zero attached hydrogens (tertiary/aromatic N) is 3. The third-order valence-electron chi connectivity index (χ3n) is 4.82. The van der Waals surface area contributed by atoms with Gasteiger partial charge in [-0.05, 0) is 35.9 Å². The molecule has 0 bridgehead atoms. The van der Waals surface area contributed by atoms with E-state index < -0.39 is 21.7 Å². The fourth-order valence-electron chi connectivity index (χ4n) is 3.14. The van der Waals surface area contributed by atoms with Gasteiger partial charge >= 0.3 is 0 Å². The van der Waals surface area contributed by atoms with Gasteiger partial charge in [-0.3, -0.25) is 0 Å². The molecule has 0 fully saturated rings. The molecule has 3 aromatic carbocycles. The molecule has 0 aliphatic carbocycles. The molecule has 0 radical (unpaired) electrons. The maximum absolute atomic E-state index is 14.3. The van der Waals surface area contributed by atoms with Gasteiger partial charge in [-0.1, -0.05) is 41.9 Å². The van der Waals surface area contributed by atoms with Crippen LogP contribution in [0.1, 0.15) is 11.1 Å². The molecule has 0 saturated carbocycles. The lowest BCUT2D eigenvalue weighted by Crippen LogP contribution is -2.30. The number of H-pyrrole nitrogens is 1. The first-order valence-electron chi connectivity index (χ1n) is 9.48. The van der Waals surface area contributed by atoms with E-state index in [-0.39, 0.29) is 23.5 Å². The van der Waals surface area contributed by atoms with Crippen molar-refractivity contribution in [1.29, 1.82) is 0 Å². The summed E-state index contributed by atoms with van der Waals surface area (Å²) >= 11 is 5.89. The molecule has 6 nitrogen and oxygen atoms in total. The lowest BCUT2D eigenvalue weighted by atomic mass is 10.1. The molecule has 0 aliphatic rings. The molecular weight excluding hydrogens is 458 g/mol. The summed E-state index contributed by atoms with van der Waals surface area (Å²) in [4.78, 5) is 2.91. The highest BCUT2D eigenvalue weighted by Gasteiger charge is 2.26. The van der Waals surface area contributed by atoms with E-state index in [4.69, 9.17) is 11.6 Å². The average molecular weight is 475 g/mol. The third-order valence-corrected chi connectivity index (χ3v) is 6.87. The lowest BCUT2D eigenvalue weighted by Gasteiger charge is -2.23. The van der Waals surface area contributed by atoms with Crippen molar-refractivity contribution in [3.63, 3.8) is 0 Å². The fraction of sp³-hybridized carbons (Fsp3) is 0.0909. The minimum absolute atomic E-state index is 0.0164. The highest BCUT2D eigenvalue weighted by Crippen LogP contribution is 2.25. The second kappa shape index (κ2) is 9.15. The van der Waals surface area contributed by atoms with Crippen molar-refractivity contribution in [2.75, 3.05) is 0 Å². The van der Waals surface area contributed by atoms with Gasteiger partial charge in [-0.25, -0.2) is 17.2 Å². The van der Waals surface area contributed by atoms with E-state index in [1.54, 1.807) is 24.3 Å². The Bertz CT molecular complexity index is 1310. The highest BCUT2D eigenvalue weighted by molar-refractivity contribution is 7.89. The normalized spacial score (nSPS) is 11.8. The molecule has 32 heavy (non-hydrogen) atoms. The van der Waals surface area contributed by atoms with Crippen molar-refractivity contribution in [3.05, 3.63) is 101 Å². The zero-order valence-corrected chi connectivity index (χ0v) is 18.1. The van der Waals surface area contributed by atoms with Crippen molar-refractivity contribution < 1.29 is 17.2 Å². The summed E-state index contributed by atoms with van der Waals surface area (Å²) in [5.74, 6) is -0.973. The highest BCUT2D eigenvalue weighted by atomic mass is 35.5. The number of aromatic amines is 1. The molecule has 1 heterocycles. The molecule has 10 heteroatoms. The minimum atomic E-state index is -4.01. The van der Waals surface area contributed by atoms with Crippen LogP contribution in [-0.4, -0.2) is 27.9 Å². The summed E-state index contributed by atoms with van der Waals surface area (Å²) in [6.07, 6.45) is 1.46. The number of sulfonamides is 1. The zero-order valence-electron chi connectivity index (χ0n) is 16.5. The van der Waals surface area contributed by atoms with Gasteiger partial charge < -0.3 is 4.98 Å². The SMILES string of the molecule is O=S(=O)(c1ccc(Cl)cc1)N(Cc1ccc(-c2nnc[nH]2)cc1)Cc1ccc(F)cc1F. The van der Waals surface area contributed by atoms with E-state index in [0.29, 0.717) is 16.4 Å². The van der Waals surface area contributed by atoms with Gasteiger partial charge in [0.1, 0.15) is 18.0 Å². The molecule has 0 unspecified atom stereocenters. The summed E-state index contributed by atoms with van der Waals surface area (Å²) in [7, 11) is -4.01. The van der Waals surface area contributed by atoms with Crippen molar-refractivity contribution in [2.24, 2.45) is 0 Å². The van der Waals surface area contributed by atoms with Crippen LogP contribution < -0.4 is 0 Å². The topological polar surface area (TPSA) is 79.0 Å². The quantitative estimate of drug-likeness (QED) is 0.417. The molecule has 0 saturated heterocycles. The molecule has 0 atom stereocenters. The first kappa shape index (κ1) is 22.1. The predicted molar refractivity (Wildman–Crippen MR) is 116 cm³/mol. The van der Waals surface area contributed by atoms with Crippen LogP contribution in [0, 0.1) is 11.6 Å². The average Bonchev–Trinajstić information content (AvgIpc) is 3.31. The Kier molecular flexibility index (Phi) is 6.31. The number of hydrogen-bond donors (Lipinski definition) is 1. The van der Waals surface area contributed by atoms with E-state index in [0.717, 1.165) is 22.0 Å². The second-order valence-corrected chi connectivity index (χ2v) is 9.37. The van der Waals surface area contributed by atoms with E-state index >= 15 is 0 Å².